The number of nitrogens with two attached hydrogens (primary N) is 1. The molecule has 35 nitrogen and oxygen atoms in total. The number of imide groups is 1. The molecule has 8 saturated heterocycles. The standard InChI is InChI=1S/C27H17N7O3.C26H20N4O3.C19H12N4O3.C11H9N3O.C8H4N2O.C7H7Br.C7H6N2.C3H4O2/c1-29-19-5-7-21(8-6-19)31-25(35)32-24-27(16-37-17-27)34(23-11-3-18(15-28)4-12-23)26(36)33(24)22-13-9-20(30-2)10-14-22;1-18-4-3-5-20(14-18)26(32)25(16-33-17-25)29(22-10-6-19(15-27)7-11-22)24(31)30(26)23-12-8-21(28-2)9-13-23;1-21-14-4-8-15(9-5-14)22-17(24)19(11-26-12-19)23(18(22)25)16-6-2-13(10-20)3-7-16;12-5-9-1-3-10(4-2-9)14-11(6-13)7-15-8-11;1-9-7-2-4-8(5-3-7)10-6-11;1-6-3-2-4-7(8)5-6;1-9-7-4-2-6(8)3-5-7;4-3-1-5-2-3/h3-14H,16-17H2,(H,31,35);3-14,32H,16-17H2,1H3;2-9H,11-12H2;1-4,14H,7-8H2;2-5H;2-5H,1H3;2-5H,8H2;1-2H2. The monoisotopic (exact) mass is 1970 g/mol. The molecule has 706 valence electrons. The number of urea groups is 4. The van der Waals surface area contributed by atoms with Gasteiger partial charge in [-0.2, -0.15) is 36.3 Å². The number of ketones is 1. The Morgan fingerprint density at radius 2 is 0.785 bits per heavy atom. The van der Waals surface area contributed by atoms with Gasteiger partial charge in [-0.25, -0.2) is 62.8 Å². The number of aliphatic imine (C=N–C) groups is 2. The number of hydrogen-bond acceptors (Lipinski definition) is 21. The minimum absolute atomic E-state index is 0.112. The van der Waals surface area contributed by atoms with Gasteiger partial charge in [0.1, 0.15) is 18.8 Å². The van der Waals surface area contributed by atoms with Crippen LogP contribution in [0.1, 0.15) is 38.9 Å². The summed E-state index contributed by atoms with van der Waals surface area (Å²) in [6.07, 6.45) is 1.42. The third-order valence-corrected chi connectivity index (χ3v) is 23.5. The smallest absolute Gasteiger partial charge is 0.347 e. The van der Waals surface area contributed by atoms with E-state index in [4.69, 9.17) is 79.9 Å². The Kier molecular flexibility index (Phi) is 32.7. The first-order valence-electron chi connectivity index (χ1n) is 43.4. The molecule has 20 rings (SSSR count). The molecule has 1 unspecified atom stereocenters. The van der Waals surface area contributed by atoms with E-state index in [1.165, 1.54) is 31.2 Å². The third kappa shape index (κ3) is 22.4. The Morgan fingerprint density at radius 3 is 1.15 bits per heavy atom. The molecule has 3 spiro atoms. The van der Waals surface area contributed by atoms with E-state index in [0.717, 1.165) is 20.6 Å². The van der Waals surface area contributed by atoms with Gasteiger partial charge in [0, 0.05) is 55.5 Å². The molecule has 0 aromatic heterocycles. The summed E-state index contributed by atoms with van der Waals surface area (Å²) in [7, 11) is 0. The second-order valence-corrected chi connectivity index (χ2v) is 33.4. The highest BCUT2D eigenvalue weighted by molar-refractivity contribution is 9.10. The number of aliphatic hydroxyl groups is 1. The van der Waals surface area contributed by atoms with Gasteiger partial charge in [0.05, 0.1) is 156 Å². The highest BCUT2D eigenvalue weighted by atomic mass is 79.9. The maximum Gasteiger partial charge on any atom is 0.347 e. The second-order valence-electron chi connectivity index (χ2n) is 32.5. The molecule has 12 aromatic rings. The van der Waals surface area contributed by atoms with Crippen LogP contribution in [0.3, 0.4) is 0 Å². The molecule has 5 N–H and O–H groups in total. The number of ether oxygens (including phenoxy) is 5. The number of benzene rings is 12. The average molecular weight is 1970 g/mol. The van der Waals surface area contributed by atoms with E-state index in [1.54, 1.807) is 248 Å². The number of nitrogens with one attached hydrogen (secondary N) is 2. The first kappa shape index (κ1) is 102. The molecule has 9 amide bonds. The average Bonchev–Trinajstić information content (AvgIpc) is 1.51. The molecule has 0 radical (unpaired) electrons. The minimum atomic E-state index is -1.73. The second kappa shape index (κ2) is 46.1. The molecular formula is C108H79BrN22O13. The molecule has 36 heteroatoms. The van der Waals surface area contributed by atoms with Crippen molar-refractivity contribution in [2.24, 2.45) is 9.98 Å². The Balaban J connectivity index is 0.000000148. The minimum Gasteiger partial charge on any atom is -0.399 e. The summed E-state index contributed by atoms with van der Waals surface area (Å²) in [5.41, 5.74) is 13.0. The number of nitriles is 5. The highest BCUT2D eigenvalue weighted by Crippen LogP contribution is 2.55. The van der Waals surface area contributed by atoms with Gasteiger partial charge < -0.3 is 45.2 Å². The number of halogens is 1. The molecular weight excluding hydrogens is 1890 g/mol. The fourth-order valence-corrected chi connectivity index (χ4v) is 15.9. The summed E-state index contributed by atoms with van der Waals surface area (Å²) in [6.45, 7) is 48.0. The van der Waals surface area contributed by atoms with Crippen LogP contribution in [0, 0.1) is 110 Å². The Bertz CT molecular complexity index is 7410. The molecule has 144 heavy (non-hydrogen) atoms. The van der Waals surface area contributed by atoms with Crippen molar-refractivity contribution in [3.63, 3.8) is 0 Å². The maximum atomic E-state index is 14.0. The van der Waals surface area contributed by atoms with Crippen LogP contribution in [0.4, 0.5) is 110 Å². The van der Waals surface area contributed by atoms with Crippen LogP contribution in [0.2, 0.25) is 0 Å². The zero-order valence-electron chi connectivity index (χ0n) is 76.6. The molecule has 8 heterocycles. The van der Waals surface area contributed by atoms with E-state index in [0.29, 0.717) is 140 Å². The number of rotatable bonds is 11. The summed E-state index contributed by atoms with van der Waals surface area (Å²) in [6, 6.07) is 89.7. The van der Waals surface area contributed by atoms with E-state index in [-0.39, 0.29) is 57.2 Å². The van der Waals surface area contributed by atoms with E-state index >= 15 is 0 Å². The van der Waals surface area contributed by atoms with Crippen LogP contribution in [-0.4, -0.2) is 141 Å². The maximum absolute atomic E-state index is 14.0. The van der Waals surface area contributed by atoms with Crippen molar-refractivity contribution in [3.05, 3.63) is 403 Å². The van der Waals surface area contributed by atoms with Gasteiger partial charge in [-0.1, -0.05) is 136 Å². The number of isocyanates is 1. The summed E-state index contributed by atoms with van der Waals surface area (Å²) in [5.74, 6) is 0.0395. The van der Waals surface area contributed by atoms with Crippen molar-refractivity contribution in [1.82, 2.24) is 0 Å². The Morgan fingerprint density at radius 1 is 0.424 bits per heavy atom. The summed E-state index contributed by atoms with van der Waals surface area (Å²) < 4.78 is 27.0. The number of anilines is 9. The van der Waals surface area contributed by atoms with Crippen molar-refractivity contribution in [2.45, 2.75) is 41.7 Å². The summed E-state index contributed by atoms with van der Waals surface area (Å²) in [5, 5.41) is 63.1. The first-order chi connectivity index (χ1) is 69.7. The normalized spacial score (nSPS) is 16.4. The lowest BCUT2D eigenvalue weighted by atomic mass is 9.78. The zero-order valence-corrected chi connectivity index (χ0v) is 78.2. The topological polar surface area (TPSA) is 425 Å². The van der Waals surface area contributed by atoms with Gasteiger partial charge in [-0.15, -0.1) is 0 Å². The van der Waals surface area contributed by atoms with Gasteiger partial charge in [0.25, 0.3) is 5.91 Å². The number of carbonyl (C=O) groups is 6. The molecule has 8 fully saturated rings. The molecule has 8 aliphatic rings. The van der Waals surface area contributed by atoms with Crippen LogP contribution >= 0.6 is 15.9 Å². The van der Waals surface area contributed by atoms with E-state index in [9.17, 15) is 49.2 Å². The van der Waals surface area contributed by atoms with Crippen LogP contribution in [0.25, 0.3) is 29.1 Å². The molecule has 8 aliphatic heterocycles. The molecule has 0 aliphatic carbocycles. The van der Waals surface area contributed by atoms with E-state index in [2.05, 4.69) is 108 Å². The van der Waals surface area contributed by atoms with Crippen LogP contribution < -0.4 is 45.8 Å². The lowest BCUT2D eigenvalue weighted by Gasteiger charge is -2.51. The predicted octanol–water partition coefficient (Wildman–Crippen LogP) is 20.5. The lowest BCUT2D eigenvalue weighted by Crippen LogP contribution is -2.70. The number of carbonyl (C=O) groups excluding carboxylic acids is 7. The van der Waals surface area contributed by atoms with Gasteiger partial charge in [0.2, 0.25) is 11.8 Å². The Labute approximate surface area is 835 Å². The molecule has 12 aromatic carbocycles. The third-order valence-electron chi connectivity index (χ3n) is 23.0. The number of Topliss-reactive ketones (excluding diaryl/α,β-unsaturated/α-hetero) is 1. The van der Waals surface area contributed by atoms with Crippen molar-refractivity contribution in [1.29, 1.82) is 26.3 Å². The number of amides is 9. The highest BCUT2D eigenvalue weighted by Gasteiger charge is 2.72. The molecule has 0 bridgehead atoms. The van der Waals surface area contributed by atoms with Crippen LogP contribution in [0.15, 0.2) is 306 Å². The van der Waals surface area contributed by atoms with Gasteiger partial charge in [0.15, 0.2) is 62.4 Å². The van der Waals surface area contributed by atoms with Crippen molar-refractivity contribution in [2.75, 3.05) is 112 Å². The number of amidine groups is 1. The number of nitrogens with zero attached hydrogens (tertiary/aromatic N) is 19. The molecule has 0 saturated carbocycles. The largest absolute Gasteiger partial charge is 0.399 e. The Hall–Kier alpha value is -19.5. The SMILES string of the molecule is Cc1cccc(Br)c1.N#Cc1ccc(NC2(C#N)COC2)cc1.O=C1COC1.[C-]#[N+]c1ccc(N)cc1.[C-]#[N+]c1ccc(N2C(=O)N(c3ccc(C#N)cc3)C3(COC3)C2(O)c2cccc(C)c2)cc1.[C-]#[N+]c1ccc(N2C(=O)N(c3ccc(C#N)cc3)C3(COC3)C2=O)cc1.[C-]#[N+]c1ccc(N=C=O)cc1.[C-]#[N+]c1ccc(NC(=O)N=C2N(c3ccc([N+]#[C-])cc3)C(=O)N(c3ccc(C#N)cc3)C23COC3)cc1. The van der Waals surface area contributed by atoms with Crippen molar-refractivity contribution in [3.8, 4) is 30.3 Å². The number of nitrogen functional groups attached to an aromatic ring is 1. The number of aryl methyl sites for hydroxylation is 2. The number of hydrogen-bond donors (Lipinski definition) is 4. The van der Waals surface area contributed by atoms with Crippen LogP contribution in [-0.2, 0) is 43.8 Å². The quantitative estimate of drug-likeness (QED) is 0.0307. The van der Waals surface area contributed by atoms with Crippen molar-refractivity contribution >= 4 is 155 Å². The van der Waals surface area contributed by atoms with Crippen LogP contribution in [0.5, 0.6) is 0 Å². The van der Waals surface area contributed by atoms with E-state index < -0.39 is 52.0 Å². The summed E-state index contributed by atoms with van der Waals surface area (Å²) >= 11 is 3.36. The fraction of sp³-hybridized carbons (Fsp3) is 0.157. The zero-order chi connectivity index (χ0) is 103. The van der Waals surface area contributed by atoms with Gasteiger partial charge in [-0.05, 0) is 196 Å². The van der Waals surface area contributed by atoms with Gasteiger partial charge in [-0.3, -0.25) is 29.2 Å². The van der Waals surface area contributed by atoms with E-state index in [1.807, 2.05) is 55.5 Å². The predicted molar refractivity (Wildman–Crippen MR) is 539 cm³/mol. The first-order valence-corrected chi connectivity index (χ1v) is 44.2. The molecule has 1 atom stereocenters. The van der Waals surface area contributed by atoms with Gasteiger partial charge >= 0.3 is 24.1 Å². The van der Waals surface area contributed by atoms with Crippen molar-refractivity contribution < 1.29 is 62.4 Å². The fourth-order valence-electron chi connectivity index (χ4n) is 15.4. The lowest BCUT2D eigenvalue weighted by molar-refractivity contribution is -0.153. The summed E-state index contributed by atoms with van der Waals surface area (Å²) in [4.78, 5) is 123.